The van der Waals surface area contributed by atoms with Gasteiger partial charge in [0.1, 0.15) is 23.5 Å². The molecule has 2 aliphatic heterocycles. The van der Waals surface area contributed by atoms with Crippen molar-refractivity contribution < 1.29 is 13.6 Å². The molecule has 0 saturated carbocycles. The van der Waals surface area contributed by atoms with Gasteiger partial charge in [-0.25, -0.2) is 23.8 Å². The van der Waals surface area contributed by atoms with Crippen molar-refractivity contribution >= 4 is 17.9 Å². The van der Waals surface area contributed by atoms with Gasteiger partial charge in [0.15, 0.2) is 0 Å². The van der Waals surface area contributed by atoms with Crippen LogP contribution in [0.2, 0.25) is 0 Å². The van der Waals surface area contributed by atoms with Crippen molar-refractivity contribution in [3.63, 3.8) is 0 Å². The fourth-order valence-corrected chi connectivity index (χ4v) is 3.79. The number of nitrogens with zero attached hydrogens (tertiary/aromatic N) is 6. The summed E-state index contributed by atoms with van der Waals surface area (Å²) in [4.78, 5) is 23.1. The number of benzene rings is 1. The maximum atomic E-state index is 13.6. The average molecular weight is 396 g/mol. The van der Waals surface area contributed by atoms with E-state index in [1.807, 2.05) is 11.0 Å². The second-order valence-electron chi connectivity index (χ2n) is 7.05. The lowest BCUT2D eigenvalue weighted by atomic mass is 9.94. The third-order valence-corrected chi connectivity index (χ3v) is 5.23. The van der Waals surface area contributed by atoms with Gasteiger partial charge in [-0.3, -0.25) is 4.79 Å². The lowest BCUT2D eigenvalue weighted by Gasteiger charge is -2.34. The summed E-state index contributed by atoms with van der Waals surface area (Å²) in [7, 11) is 0. The molecular formula is C20H18F2N6O. The molecule has 29 heavy (non-hydrogen) atoms. The molecule has 1 fully saturated rings. The zero-order valence-corrected chi connectivity index (χ0v) is 15.5. The average Bonchev–Trinajstić information content (AvgIpc) is 3.23. The molecule has 2 aromatic rings. The molecule has 0 spiro atoms. The molecule has 0 bridgehead atoms. The number of amides is 1. The number of carbonyl (C=O) groups excluding carboxylic acids is 1. The molecule has 2 aliphatic rings. The van der Waals surface area contributed by atoms with Gasteiger partial charge in [-0.15, -0.1) is 0 Å². The number of hydrazone groups is 1. The van der Waals surface area contributed by atoms with Crippen LogP contribution < -0.4 is 4.90 Å². The Hall–Kier alpha value is -3.41. The van der Waals surface area contributed by atoms with Crippen molar-refractivity contribution in [1.29, 1.82) is 5.26 Å². The van der Waals surface area contributed by atoms with Crippen molar-refractivity contribution in [2.45, 2.75) is 25.3 Å². The second-order valence-corrected chi connectivity index (χ2v) is 7.05. The number of hydrogen-bond acceptors (Lipinski definition) is 6. The Labute approximate surface area is 166 Å². The van der Waals surface area contributed by atoms with E-state index in [9.17, 15) is 13.6 Å². The van der Waals surface area contributed by atoms with Gasteiger partial charge in [0, 0.05) is 43.9 Å². The number of halogens is 2. The Balaban J connectivity index is 1.43. The van der Waals surface area contributed by atoms with E-state index in [4.69, 9.17) is 5.26 Å². The highest BCUT2D eigenvalue weighted by atomic mass is 19.1. The number of carbonyl (C=O) groups is 1. The Bertz CT molecular complexity index is 976. The van der Waals surface area contributed by atoms with Gasteiger partial charge < -0.3 is 4.90 Å². The third-order valence-electron chi connectivity index (χ3n) is 5.23. The predicted octanol–water partition coefficient (Wildman–Crippen LogP) is 2.80. The topological polar surface area (TPSA) is 85.5 Å². The highest BCUT2D eigenvalue weighted by molar-refractivity contribution is 5.82. The summed E-state index contributed by atoms with van der Waals surface area (Å²) in [5.74, 6) is -0.955. The molecule has 4 rings (SSSR count). The van der Waals surface area contributed by atoms with Crippen LogP contribution >= 0.6 is 0 Å². The first-order valence-electron chi connectivity index (χ1n) is 9.35. The van der Waals surface area contributed by atoms with E-state index >= 15 is 0 Å². The van der Waals surface area contributed by atoms with Crippen LogP contribution in [0.4, 0.5) is 14.6 Å². The lowest BCUT2D eigenvalue weighted by molar-refractivity contribution is -0.138. The van der Waals surface area contributed by atoms with Crippen molar-refractivity contribution in [2.75, 3.05) is 18.0 Å². The summed E-state index contributed by atoms with van der Waals surface area (Å²) < 4.78 is 27.2. The monoisotopic (exact) mass is 396 g/mol. The van der Waals surface area contributed by atoms with Gasteiger partial charge in [0.25, 0.3) is 0 Å². The maximum Gasteiger partial charge on any atom is 0.246 e. The van der Waals surface area contributed by atoms with Crippen LogP contribution in [-0.2, 0) is 4.79 Å². The van der Waals surface area contributed by atoms with Crippen LogP contribution in [-0.4, -0.2) is 40.2 Å². The largest absolute Gasteiger partial charge is 0.356 e. The van der Waals surface area contributed by atoms with E-state index in [1.54, 1.807) is 18.5 Å². The first-order chi connectivity index (χ1) is 14.0. The van der Waals surface area contributed by atoms with Gasteiger partial charge in [-0.05, 0) is 36.6 Å². The molecule has 0 N–H and O–H groups in total. The molecule has 1 unspecified atom stereocenters. The van der Waals surface area contributed by atoms with E-state index in [-0.39, 0.29) is 17.6 Å². The molecule has 1 aromatic heterocycles. The van der Waals surface area contributed by atoms with Gasteiger partial charge in [-0.1, -0.05) is 0 Å². The number of rotatable bonds is 3. The Morgan fingerprint density at radius 2 is 1.90 bits per heavy atom. The molecule has 1 atom stereocenters. The van der Waals surface area contributed by atoms with Gasteiger partial charge in [0.2, 0.25) is 11.7 Å². The van der Waals surface area contributed by atoms with Gasteiger partial charge in [-0.2, -0.15) is 10.4 Å². The molecule has 1 saturated heterocycles. The van der Waals surface area contributed by atoms with Gasteiger partial charge in [0.05, 0.1) is 6.04 Å². The molecular weight excluding hydrogens is 378 g/mol. The SMILES string of the molecule is N#Cc1nccc(N2CCC(C(=O)N3N=CCC3c3cc(F)cc(F)c3)CC2)n1. The minimum atomic E-state index is -0.672. The molecule has 0 aliphatic carbocycles. The molecule has 0 radical (unpaired) electrons. The van der Waals surface area contributed by atoms with E-state index in [0.29, 0.717) is 43.7 Å². The zero-order chi connectivity index (χ0) is 20.4. The van der Waals surface area contributed by atoms with Crippen molar-refractivity contribution in [1.82, 2.24) is 15.0 Å². The smallest absolute Gasteiger partial charge is 0.246 e. The Morgan fingerprint density at radius 1 is 1.17 bits per heavy atom. The molecule has 3 heterocycles. The molecule has 148 valence electrons. The number of aromatic nitrogens is 2. The predicted molar refractivity (Wildman–Crippen MR) is 101 cm³/mol. The van der Waals surface area contributed by atoms with E-state index in [0.717, 1.165) is 6.07 Å². The van der Waals surface area contributed by atoms with Crippen molar-refractivity contribution in [2.24, 2.45) is 11.0 Å². The van der Waals surface area contributed by atoms with Crippen LogP contribution in [0.25, 0.3) is 0 Å². The van der Waals surface area contributed by atoms with Crippen LogP contribution in [0.15, 0.2) is 35.6 Å². The summed E-state index contributed by atoms with van der Waals surface area (Å²) in [6.07, 6.45) is 4.76. The van der Waals surface area contributed by atoms with E-state index in [1.165, 1.54) is 17.1 Å². The van der Waals surface area contributed by atoms with E-state index in [2.05, 4.69) is 15.1 Å². The summed E-state index contributed by atoms with van der Waals surface area (Å²) in [5.41, 5.74) is 0.399. The van der Waals surface area contributed by atoms with Gasteiger partial charge >= 0.3 is 0 Å². The fraction of sp³-hybridized carbons (Fsp3) is 0.350. The second kappa shape index (κ2) is 7.91. The minimum Gasteiger partial charge on any atom is -0.356 e. The zero-order valence-electron chi connectivity index (χ0n) is 15.5. The minimum absolute atomic E-state index is 0.109. The number of nitriles is 1. The first kappa shape index (κ1) is 18.9. The number of hydrogen-bond donors (Lipinski definition) is 0. The first-order valence-corrected chi connectivity index (χ1v) is 9.35. The summed E-state index contributed by atoms with van der Waals surface area (Å²) >= 11 is 0. The summed E-state index contributed by atoms with van der Waals surface area (Å²) in [5, 5.41) is 14.5. The molecule has 1 amide bonds. The summed E-state index contributed by atoms with van der Waals surface area (Å²) in [6, 6.07) is 6.46. The van der Waals surface area contributed by atoms with Crippen LogP contribution in [0.3, 0.4) is 0 Å². The quantitative estimate of drug-likeness (QED) is 0.796. The lowest BCUT2D eigenvalue weighted by Crippen LogP contribution is -2.41. The fourth-order valence-electron chi connectivity index (χ4n) is 3.79. The normalized spacial score (nSPS) is 19.4. The van der Waals surface area contributed by atoms with Crippen molar-refractivity contribution in [3.05, 3.63) is 53.5 Å². The number of anilines is 1. The Morgan fingerprint density at radius 3 is 2.59 bits per heavy atom. The Kier molecular flexibility index (Phi) is 5.16. The molecule has 7 nitrogen and oxygen atoms in total. The van der Waals surface area contributed by atoms with E-state index < -0.39 is 17.7 Å². The highest BCUT2D eigenvalue weighted by Gasteiger charge is 2.35. The molecule has 9 heteroatoms. The summed E-state index contributed by atoms with van der Waals surface area (Å²) in [6.45, 7) is 1.21. The van der Waals surface area contributed by atoms with Crippen LogP contribution in [0, 0.1) is 28.9 Å². The standard InChI is InChI=1S/C20H18F2N6O/c21-15-9-14(10-16(22)11-15)17-1-6-25-28(17)20(29)13-3-7-27(8-4-13)19-2-5-24-18(12-23)26-19/h2,5-6,9-11,13,17H,1,3-4,7-8H2. The van der Waals surface area contributed by atoms with Crippen LogP contribution in [0.5, 0.6) is 0 Å². The highest BCUT2D eigenvalue weighted by Crippen LogP contribution is 2.33. The molecule has 1 aromatic carbocycles. The van der Waals surface area contributed by atoms with Crippen molar-refractivity contribution in [3.8, 4) is 6.07 Å². The number of piperidine rings is 1. The third kappa shape index (κ3) is 3.92. The van der Waals surface area contributed by atoms with Crippen LogP contribution in [0.1, 0.15) is 36.7 Å². The maximum absolute atomic E-state index is 13.6.